The fourth-order valence-electron chi connectivity index (χ4n) is 3.46. The zero-order valence-corrected chi connectivity index (χ0v) is 14.7. The van der Waals surface area contributed by atoms with Crippen LogP contribution in [0, 0.1) is 0 Å². The number of amides is 2. The lowest BCUT2D eigenvalue weighted by molar-refractivity contribution is -0.141. The van der Waals surface area contributed by atoms with Crippen LogP contribution in [0.2, 0.25) is 0 Å². The Balaban J connectivity index is 1.45. The van der Waals surface area contributed by atoms with Crippen molar-refractivity contribution in [3.05, 3.63) is 16.1 Å². The summed E-state index contributed by atoms with van der Waals surface area (Å²) in [6, 6.07) is 0.589. The molecule has 1 aliphatic carbocycles. The Bertz CT molecular complexity index is 560. The van der Waals surface area contributed by atoms with Gasteiger partial charge in [0, 0.05) is 42.8 Å². The molecule has 1 aromatic heterocycles. The number of carbonyl (C=O) groups is 2. The molecular weight excluding hydrogens is 310 g/mol. The molecule has 126 valence electrons. The Morgan fingerprint density at radius 3 is 2.43 bits per heavy atom. The highest BCUT2D eigenvalue weighted by Crippen LogP contribution is 2.27. The predicted molar refractivity (Wildman–Crippen MR) is 90.2 cm³/mol. The molecule has 2 fully saturated rings. The average molecular weight is 335 g/mol. The second-order valence-electron chi connectivity index (χ2n) is 6.88. The van der Waals surface area contributed by atoms with E-state index in [1.54, 1.807) is 11.3 Å². The lowest BCUT2D eigenvalue weighted by Gasteiger charge is -2.33. The normalized spacial score (nSPS) is 25.6. The molecule has 0 atom stereocenters. The van der Waals surface area contributed by atoms with Crippen LogP contribution in [0.25, 0.3) is 0 Å². The summed E-state index contributed by atoms with van der Waals surface area (Å²) in [5, 5.41) is 6.91. The highest BCUT2D eigenvalue weighted by Gasteiger charge is 2.36. The maximum Gasteiger partial charge on any atom is 0.229 e. The minimum Gasteiger partial charge on any atom is -0.308 e. The Labute approximate surface area is 141 Å². The number of carbonyl (C=O) groups excluding carboxylic acids is 2. The fraction of sp³-hybridized carbons (Fsp3) is 0.706. The molecule has 2 heterocycles. The maximum atomic E-state index is 11.8. The molecular formula is C17H25N3O2S. The van der Waals surface area contributed by atoms with Crippen LogP contribution >= 0.6 is 11.3 Å². The van der Waals surface area contributed by atoms with Crippen molar-refractivity contribution >= 4 is 23.2 Å². The molecule has 1 N–H and O–H groups in total. The number of hydrogen-bond acceptors (Lipinski definition) is 5. The highest BCUT2D eigenvalue weighted by molar-refractivity contribution is 7.09. The molecule has 1 saturated carbocycles. The van der Waals surface area contributed by atoms with Gasteiger partial charge in [0.2, 0.25) is 11.8 Å². The summed E-state index contributed by atoms with van der Waals surface area (Å²) in [6.45, 7) is 5.14. The zero-order chi connectivity index (χ0) is 16.4. The average Bonchev–Trinajstić information content (AvgIpc) is 3.13. The Hall–Kier alpha value is -1.27. The highest BCUT2D eigenvalue weighted by atomic mass is 32.1. The number of nitrogens with one attached hydrogen (secondary N) is 1. The number of likely N-dealkylation sites (tertiary alicyclic amines) is 1. The van der Waals surface area contributed by atoms with E-state index in [1.807, 2.05) is 0 Å². The van der Waals surface area contributed by atoms with E-state index < -0.39 is 0 Å². The second-order valence-corrected chi connectivity index (χ2v) is 7.77. The SMILES string of the molecule is CC(C)c1nc(CNC2CCC(N3C(=O)CCC3=O)CC2)cs1. The van der Waals surface area contributed by atoms with Crippen LogP contribution in [0.15, 0.2) is 5.38 Å². The molecule has 0 bridgehead atoms. The third-order valence-electron chi connectivity index (χ3n) is 4.79. The Kier molecular flexibility index (Phi) is 5.11. The summed E-state index contributed by atoms with van der Waals surface area (Å²) in [7, 11) is 0. The van der Waals surface area contributed by atoms with Gasteiger partial charge in [-0.25, -0.2) is 4.98 Å². The molecule has 0 radical (unpaired) electrons. The van der Waals surface area contributed by atoms with E-state index in [-0.39, 0.29) is 17.9 Å². The first kappa shape index (κ1) is 16.6. The standard InChI is InChI=1S/C17H25N3O2S/c1-11(2)17-19-13(10-23-17)9-18-12-3-5-14(6-4-12)20-15(21)7-8-16(20)22/h10-12,14,18H,3-9H2,1-2H3. The molecule has 23 heavy (non-hydrogen) atoms. The van der Waals surface area contributed by atoms with Crippen LogP contribution < -0.4 is 5.32 Å². The van der Waals surface area contributed by atoms with Gasteiger partial charge in [-0.15, -0.1) is 11.3 Å². The number of aromatic nitrogens is 1. The van der Waals surface area contributed by atoms with Crippen molar-refractivity contribution in [2.24, 2.45) is 0 Å². The monoisotopic (exact) mass is 335 g/mol. The summed E-state index contributed by atoms with van der Waals surface area (Å²) >= 11 is 1.73. The molecule has 1 aliphatic heterocycles. The van der Waals surface area contributed by atoms with Gasteiger partial charge in [-0.2, -0.15) is 0 Å². The van der Waals surface area contributed by atoms with Gasteiger partial charge in [0.15, 0.2) is 0 Å². The van der Waals surface area contributed by atoms with Crippen molar-refractivity contribution in [2.45, 2.75) is 76.9 Å². The smallest absolute Gasteiger partial charge is 0.229 e. The lowest BCUT2D eigenvalue weighted by atomic mass is 9.90. The second kappa shape index (κ2) is 7.09. The molecule has 5 nitrogen and oxygen atoms in total. The molecule has 1 aromatic rings. The molecule has 0 unspecified atom stereocenters. The molecule has 6 heteroatoms. The van der Waals surface area contributed by atoms with Gasteiger partial charge in [0.1, 0.15) is 0 Å². The molecule has 2 amide bonds. The van der Waals surface area contributed by atoms with Crippen molar-refractivity contribution in [3.8, 4) is 0 Å². The number of nitrogens with zero attached hydrogens (tertiary/aromatic N) is 2. The van der Waals surface area contributed by atoms with E-state index >= 15 is 0 Å². The first-order chi connectivity index (χ1) is 11.0. The Morgan fingerprint density at radius 2 is 1.87 bits per heavy atom. The summed E-state index contributed by atoms with van der Waals surface area (Å²) in [5.74, 6) is 0.532. The summed E-state index contributed by atoms with van der Waals surface area (Å²) in [6.07, 6.45) is 4.68. The number of thiazole rings is 1. The van der Waals surface area contributed by atoms with Gasteiger partial charge in [-0.3, -0.25) is 14.5 Å². The summed E-state index contributed by atoms with van der Waals surface area (Å²) in [4.78, 5) is 29.8. The van der Waals surface area contributed by atoms with Crippen LogP contribution in [-0.4, -0.2) is 33.8 Å². The summed E-state index contributed by atoms with van der Waals surface area (Å²) < 4.78 is 0. The molecule has 0 aromatic carbocycles. The number of rotatable bonds is 5. The van der Waals surface area contributed by atoms with Crippen molar-refractivity contribution < 1.29 is 9.59 Å². The topological polar surface area (TPSA) is 62.3 Å². The van der Waals surface area contributed by atoms with Crippen LogP contribution in [-0.2, 0) is 16.1 Å². The van der Waals surface area contributed by atoms with Crippen LogP contribution in [0.5, 0.6) is 0 Å². The quantitative estimate of drug-likeness (QED) is 0.841. The van der Waals surface area contributed by atoms with Gasteiger partial charge >= 0.3 is 0 Å². The molecule has 1 saturated heterocycles. The van der Waals surface area contributed by atoms with E-state index in [1.165, 1.54) is 9.91 Å². The first-order valence-corrected chi connectivity index (χ1v) is 9.45. The van der Waals surface area contributed by atoms with E-state index in [0.29, 0.717) is 24.8 Å². The van der Waals surface area contributed by atoms with E-state index in [0.717, 1.165) is 37.9 Å². The van der Waals surface area contributed by atoms with Gasteiger partial charge in [0.25, 0.3) is 0 Å². The lowest BCUT2D eigenvalue weighted by Crippen LogP contribution is -2.44. The third-order valence-corrected chi connectivity index (χ3v) is 5.98. The molecule has 3 rings (SSSR count). The van der Waals surface area contributed by atoms with Crippen molar-refractivity contribution in [1.29, 1.82) is 0 Å². The van der Waals surface area contributed by atoms with Gasteiger partial charge in [-0.1, -0.05) is 13.8 Å². The van der Waals surface area contributed by atoms with Crippen LogP contribution in [0.1, 0.15) is 69.0 Å². The van der Waals surface area contributed by atoms with Crippen molar-refractivity contribution in [1.82, 2.24) is 15.2 Å². The van der Waals surface area contributed by atoms with Gasteiger partial charge in [0.05, 0.1) is 10.7 Å². The van der Waals surface area contributed by atoms with Crippen molar-refractivity contribution in [3.63, 3.8) is 0 Å². The third kappa shape index (κ3) is 3.80. The number of imide groups is 1. The van der Waals surface area contributed by atoms with E-state index in [4.69, 9.17) is 0 Å². The predicted octanol–water partition coefficient (Wildman–Crippen LogP) is 2.82. The molecule has 0 spiro atoms. The first-order valence-electron chi connectivity index (χ1n) is 8.57. The maximum absolute atomic E-state index is 11.8. The number of hydrogen-bond donors (Lipinski definition) is 1. The van der Waals surface area contributed by atoms with E-state index in [2.05, 4.69) is 29.5 Å². The van der Waals surface area contributed by atoms with Gasteiger partial charge < -0.3 is 5.32 Å². The Morgan fingerprint density at radius 1 is 1.22 bits per heavy atom. The van der Waals surface area contributed by atoms with Crippen LogP contribution in [0.3, 0.4) is 0 Å². The zero-order valence-electron chi connectivity index (χ0n) is 13.9. The minimum atomic E-state index is 0.0232. The van der Waals surface area contributed by atoms with Crippen molar-refractivity contribution in [2.75, 3.05) is 0 Å². The molecule has 2 aliphatic rings. The van der Waals surface area contributed by atoms with Gasteiger partial charge in [-0.05, 0) is 25.7 Å². The fourth-order valence-corrected chi connectivity index (χ4v) is 4.29. The minimum absolute atomic E-state index is 0.0232. The van der Waals surface area contributed by atoms with Crippen LogP contribution in [0.4, 0.5) is 0 Å². The van der Waals surface area contributed by atoms with E-state index in [9.17, 15) is 9.59 Å². The summed E-state index contributed by atoms with van der Waals surface area (Å²) in [5.41, 5.74) is 1.12. The largest absolute Gasteiger partial charge is 0.308 e.